The van der Waals surface area contributed by atoms with Crippen molar-refractivity contribution >= 4 is 15.9 Å². The number of rotatable bonds is 6. The Labute approximate surface area is 181 Å². The molecular formula is C22H24N4O4S. The third-order valence-corrected chi connectivity index (χ3v) is 7.27. The summed E-state index contributed by atoms with van der Waals surface area (Å²) in [6, 6.07) is 12.5. The fourth-order valence-electron chi connectivity index (χ4n) is 3.43. The number of aryl methyl sites for hydroxylation is 1. The highest BCUT2D eigenvalue weighted by Crippen LogP contribution is 2.22. The molecule has 31 heavy (non-hydrogen) atoms. The van der Waals surface area contributed by atoms with E-state index in [9.17, 15) is 13.2 Å². The average Bonchev–Trinajstić information content (AvgIpc) is 3.33. The zero-order valence-corrected chi connectivity index (χ0v) is 18.0. The van der Waals surface area contributed by atoms with Crippen LogP contribution in [0.25, 0.3) is 5.69 Å². The van der Waals surface area contributed by atoms with E-state index in [1.807, 2.05) is 35.0 Å². The molecule has 4 rings (SSSR count). The highest BCUT2D eigenvalue weighted by atomic mass is 32.2. The second kappa shape index (κ2) is 9.01. The second-order valence-electron chi connectivity index (χ2n) is 7.32. The van der Waals surface area contributed by atoms with Crippen LogP contribution in [-0.4, -0.2) is 54.5 Å². The van der Waals surface area contributed by atoms with Gasteiger partial charge in [0.1, 0.15) is 0 Å². The average molecular weight is 441 g/mol. The number of carbonyl (C=O) groups is 1. The summed E-state index contributed by atoms with van der Waals surface area (Å²) in [5, 5.41) is 2.86. The van der Waals surface area contributed by atoms with E-state index in [1.165, 1.54) is 10.4 Å². The number of nitrogens with one attached hydrogen (secondary N) is 1. The van der Waals surface area contributed by atoms with Gasteiger partial charge in [0, 0.05) is 43.3 Å². The molecular weight excluding hydrogens is 416 g/mol. The molecule has 2 aromatic carbocycles. The van der Waals surface area contributed by atoms with E-state index >= 15 is 0 Å². The number of nitrogens with zero attached hydrogens (tertiary/aromatic N) is 3. The molecule has 1 aliphatic rings. The highest BCUT2D eigenvalue weighted by Gasteiger charge is 2.28. The molecule has 0 spiro atoms. The van der Waals surface area contributed by atoms with Crippen LogP contribution in [0, 0.1) is 6.92 Å². The molecule has 1 fully saturated rings. The first-order valence-corrected chi connectivity index (χ1v) is 11.4. The zero-order valence-electron chi connectivity index (χ0n) is 17.2. The first kappa shape index (κ1) is 21.2. The van der Waals surface area contributed by atoms with E-state index in [-0.39, 0.29) is 10.8 Å². The minimum atomic E-state index is -3.68. The van der Waals surface area contributed by atoms with Crippen molar-refractivity contribution < 1.29 is 17.9 Å². The molecule has 162 valence electrons. The number of benzene rings is 2. The van der Waals surface area contributed by atoms with Crippen LogP contribution in [-0.2, 0) is 21.3 Å². The number of amides is 1. The van der Waals surface area contributed by atoms with E-state index in [0.717, 1.165) is 11.3 Å². The molecule has 1 N–H and O–H groups in total. The second-order valence-corrected chi connectivity index (χ2v) is 9.22. The molecule has 0 radical (unpaired) electrons. The van der Waals surface area contributed by atoms with Gasteiger partial charge in [0.15, 0.2) is 0 Å². The van der Waals surface area contributed by atoms with Gasteiger partial charge in [-0.25, -0.2) is 13.4 Å². The predicted octanol–water partition coefficient (Wildman–Crippen LogP) is 2.13. The minimum Gasteiger partial charge on any atom is -0.379 e. The normalized spacial score (nSPS) is 15.0. The van der Waals surface area contributed by atoms with Gasteiger partial charge in [-0.2, -0.15) is 4.31 Å². The van der Waals surface area contributed by atoms with Crippen LogP contribution in [0.3, 0.4) is 0 Å². The molecule has 0 aliphatic carbocycles. The number of ether oxygens (including phenoxy) is 1. The first-order chi connectivity index (χ1) is 14.9. The van der Waals surface area contributed by atoms with Crippen molar-refractivity contribution in [3.63, 3.8) is 0 Å². The van der Waals surface area contributed by atoms with Crippen LogP contribution in [0.4, 0.5) is 0 Å². The van der Waals surface area contributed by atoms with Gasteiger partial charge in [-0.1, -0.05) is 18.2 Å². The van der Waals surface area contributed by atoms with Crippen molar-refractivity contribution in [3.8, 4) is 5.69 Å². The van der Waals surface area contributed by atoms with Crippen molar-refractivity contribution in [2.45, 2.75) is 18.4 Å². The Balaban J connectivity index is 1.46. The fourth-order valence-corrected chi connectivity index (χ4v) is 5.09. The number of morpholine rings is 1. The van der Waals surface area contributed by atoms with E-state index in [0.29, 0.717) is 44.0 Å². The molecule has 2 heterocycles. The number of aromatic nitrogens is 2. The maximum absolute atomic E-state index is 13.0. The number of carbonyl (C=O) groups excluding carboxylic acids is 1. The molecule has 1 amide bonds. The molecule has 9 heteroatoms. The van der Waals surface area contributed by atoms with Gasteiger partial charge in [-0.05, 0) is 42.3 Å². The molecule has 0 saturated carbocycles. The van der Waals surface area contributed by atoms with Gasteiger partial charge in [0.05, 0.1) is 24.4 Å². The predicted molar refractivity (Wildman–Crippen MR) is 115 cm³/mol. The molecule has 0 atom stereocenters. The van der Waals surface area contributed by atoms with Crippen molar-refractivity contribution in [2.75, 3.05) is 26.3 Å². The molecule has 8 nitrogen and oxygen atoms in total. The zero-order chi connectivity index (χ0) is 21.8. The van der Waals surface area contributed by atoms with Crippen molar-refractivity contribution in [2.24, 2.45) is 0 Å². The summed E-state index contributed by atoms with van der Waals surface area (Å²) >= 11 is 0. The SMILES string of the molecule is Cc1ccc(C(=O)NCc2ccc(-n3ccnc3)cc2)cc1S(=O)(=O)N1CCOCC1. The summed E-state index contributed by atoms with van der Waals surface area (Å²) in [5.74, 6) is -0.322. The number of hydrogen-bond donors (Lipinski definition) is 1. The Hall–Kier alpha value is -3.01. The van der Waals surface area contributed by atoms with E-state index in [4.69, 9.17) is 4.74 Å². The quantitative estimate of drug-likeness (QED) is 0.634. The van der Waals surface area contributed by atoms with Gasteiger partial charge >= 0.3 is 0 Å². The Morgan fingerprint density at radius 2 is 1.87 bits per heavy atom. The van der Waals surface area contributed by atoms with Crippen molar-refractivity contribution in [1.29, 1.82) is 0 Å². The van der Waals surface area contributed by atoms with Crippen LogP contribution in [0.5, 0.6) is 0 Å². The van der Waals surface area contributed by atoms with Gasteiger partial charge in [-0.3, -0.25) is 4.79 Å². The van der Waals surface area contributed by atoms with Gasteiger partial charge in [0.25, 0.3) is 5.91 Å². The smallest absolute Gasteiger partial charge is 0.251 e. The van der Waals surface area contributed by atoms with Crippen LogP contribution < -0.4 is 5.32 Å². The van der Waals surface area contributed by atoms with Gasteiger partial charge < -0.3 is 14.6 Å². The summed E-state index contributed by atoms with van der Waals surface area (Å²) in [4.78, 5) is 16.9. The lowest BCUT2D eigenvalue weighted by Gasteiger charge is -2.26. The number of hydrogen-bond acceptors (Lipinski definition) is 5. The van der Waals surface area contributed by atoms with E-state index in [2.05, 4.69) is 10.3 Å². The lowest BCUT2D eigenvalue weighted by atomic mass is 10.1. The van der Waals surface area contributed by atoms with Crippen LogP contribution in [0.2, 0.25) is 0 Å². The highest BCUT2D eigenvalue weighted by molar-refractivity contribution is 7.89. The van der Waals surface area contributed by atoms with Crippen LogP contribution in [0.15, 0.2) is 66.1 Å². The van der Waals surface area contributed by atoms with Crippen molar-refractivity contribution in [1.82, 2.24) is 19.2 Å². The number of sulfonamides is 1. The summed E-state index contributed by atoms with van der Waals surface area (Å²) in [6.07, 6.45) is 5.29. The molecule has 0 unspecified atom stereocenters. The summed E-state index contributed by atoms with van der Waals surface area (Å²) in [7, 11) is -3.68. The van der Waals surface area contributed by atoms with E-state index < -0.39 is 10.0 Å². The topological polar surface area (TPSA) is 93.5 Å². The Morgan fingerprint density at radius 1 is 1.13 bits per heavy atom. The monoisotopic (exact) mass is 440 g/mol. The molecule has 3 aromatic rings. The maximum atomic E-state index is 13.0. The third kappa shape index (κ3) is 4.68. The van der Waals surface area contributed by atoms with Crippen molar-refractivity contribution in [3.05, 3.63) is 77.9 Å². The minimum absolute atomic E-state index is 0.159. The largest absolute Gasteiger partial charge is 0.379 e. The fraction of sp³-hybridized carbons (Fsp3) is 0.273. The summed E-state index contributed by atoms with van der Waals surface area (Å²) in [5.41, 5.74) is 2.83. The molecule has 1 aromatic heterocycles. The molecule has 1 aliphatic heterocycles. The molecule has 0 bridgehead atoms. The standard InChI is InChI=1S/C22H24N4O4S/c1-17-2-5-19(14-21(17)31(28,29)26-10-12-30-13-11-26)22(27)24-15-18-3-6-20(7-4-18)25-9-8-23-16-25/h2-9,14,16H,10-13,15H2,1H3,(H,24,27). The Kier molecular flexibility index (Phi) is 6.17. The lowest BCUT2D eigenvalue weighted by molar-refractivity contribution is 0.0730. The van der Waals surface area contributed by atoms with Gasteiger partial charge in [-0.15, -0.1) is 0 Å². The van der Waals surface area contributed by atoms with Crippen LogP contribution >= 0.6 is 0 Å². The van der Waals surface area contributed by atoms with Crippen LogP contribution in [0.1, 0.15) is 21.5 Å². The third-order valence-electron chi connectivity index (χ3n) is 5.23. The van der Waals surface area contributed by atoms with Gasteiger partial charge in [0.2, 0.25) is 10.0 Å². The Bertz CT molecular complexity index is 1150. The first-order valence-electron chi connectivity index (χ1n) is 9.99. The maximum Gasteiger partial charge on any atom is 0.251 e. The van der Waals surface area contributed by atoms with E-state index in [1.54, 1.807) is 31.6 Å². The summed E-state index contributed by atoms with van der Waals surface area (Å²) in [6.45, 7) is 3.44. The molecule has 1 saturated heterocycles. The Morgan fingerprint density at radius 3 is 2.55 bits per heavy atom. The number of imidazole rings is 1. The summed E-state index contributed by atoms with van der Waals surface area (Å²) < 4.78 is 34.6. The lowest BCUT2D eigenvalue weighted by Crippen LogP contribution is -2.41.